The summed E-state index contributed by atoms with van der Waals surface area (Å²) < 4.78 is 12.8. The molecule has 1 amide bonds. The van der Waals surface area contributed by atoms with Crippen molar-refractivity contribution in [2.24, 2.45) is 0 Å². The number of nitrogens with one attached hydrogen (secondary N) is 3. The topological polar surface area (TPSA) is 96.3 Å². The zero-order valence-electron chi connectivity index (χ0n) is 9.52. The largest absolute Gasteiger partial charge is 0.323 e. The van der Waals surface area contributed by atoms with E-state index in [0.29, 0.717) is 0 Å². The van der Waals surface area contributed by atoms with Crippen LogP contribution in [0, 0.1) is 15.9 Å². The van der Waals surface area contributed by atoms with Crippen molar-refractivity contribution >= 4 is 23.2 Å². The van der Waals surface area contributed by atoms with Gasteiger partial charge in [-0.15, -0.1) is 0 Å². The van der Waals surface area contributed by atoms with Gasteiger partial charge in [0.15, 0.2) is 6.04 Å². The first kappa shape index (κ1) is 13.7. The maximum atomic E-state index is 12.8. The van der Waals surface area contributed by atoms with Gasteiger partial charge < -0.3 is 5.32 Å². The molecule has 7 nitrogen and oxygen atoms in total. The Hall–Kier alpha value is -1.77. The Morgan fingerprint density at radius 1 is 1.58 bits per heavy atom. The molecule has 1 fully saturated rings. The van der Waals surface area contributed by atoms with Gasteiger partial charge in [-0.3, -0.25) is 14.9 Å². The van der Waals surface area contributed by atoms with Gasteiger partial charge in [-0.05, 0) is 18.2 Å². The zero-order chi connectivity index (χ0) is 14.0. The third-order valence-corrected chi connectivity index (χ3v) is 3.01. The monoisotopic (exact) mass is 288 g/mol. The lowest BCUT2D eigenvalue weighted by atomic mass is 10.1. The number of rotatable bonds is 3. The van der Waals surface area contributed by atoms with Crippen LogP contribution in [0.25, 0.3) is 0 Å². The molecule has 1 aromatic carbocycles. The van der Waals surface area contributed by atoms with E-state index in [1.165, 1.54) is 6.07 Å². The molecule has 2 atom stereocenters. The summed E-state index contributed by atoms with van der Waals surface area (Å²) in [6.45, 7) is 0.0439. The fourth-order valence-electron chi connectivity index (χ4n) is 1.73. The van der Waals surface area contributed by atoms with Gasteiger partial charge in [0.05, 0.1) is 17.3 Å². The number of amides is 1. The maximum Gasteiger partial charge on any atom is 0.252 e. The quantitative estimate of drug-likeness (QED) is 0.557. The highest BCUT2D eigenvalue weighted by molar-refractivity contribution is 6.33. The SMILES string of the molecule is O=C(Nc1ccc(F)cc1Cl)C1NNCC1[N+](=O)[O-]. The van der Waals surface area contributed by atoms with Gasteiger partial charge in [0.2, 0.25) is 5.91 Å². The Kier molecular flexibility index (Phi) is 3.93. The number of hydrogen-bond donors (Lipinski definition) is 3. The van der Waals surface area contributed by atoms with E-state index in [1.54, 1.807) is 0 Å². The number of carbonyl (C=O) groups is 1. The van der Waals surface area contributed by atoms with Gasteiger partial charge in [-0.25, -0.2) is 15.2 Å². The lowest BCUT2D eigenvalue weighted by Crippen LogP contribution is -2.46. The average Bonchev–Trinajstić information content (AvgIpc) is 2.82. The van der Waals surface area contributed by atoms with Gasteiger partial charge >= 0.3 is 0 Å². The smallest absolute Gasteiger partial charge is 0.252 e. The van der Waals surface area contributed by atoms with Crippen LogP contribution < -0.4 is 16.2 Å². The molecular formula is C10H10ClFN4O3. The van der Waals surface area contributed by atoms with E-state index in [1.807, 2.05) is 0 Å². The third kappa shape index (κ3) is 2.98. The lowest BCUT2D eigenvalue weighted by Gasteiger charge is -2.13. The fraction of sp³-hybridized carbons (Fsp3) is 0.300. The van der Waals surface area contributed by atoms with Gasteiger partial charge in [0.1, 0.15) is 5.82 Å². The molecule has 0 radical (unpaired) electrons. The fourth-order valence-corrected chi connectivity index (χ4v) is 1.94. The third-order valence-electron chi connectivity index (χ3n) is 2.70. The van der Waals surface area contributed by atoms with Crippen molar-refractivity contribution in [2.45, 2.75) is 12.1 Å². The van der Waals surface area contributed by atoms with Crippen molar-refractivity contribution in [1.29, 1.82) is 0 Å². The summed E-state index contributed by atoms with van der Waals surface area (Å²) in [5, 5.41) is 13.2. The van der Waals surface area contributed by atoms with E-state index in [4.69, 9.17) is 11.6 Å². The summed E-state index contributed by atoms with van der Waals surface area (Å²) in [4.78, 5) is 22.1. The Balaban J connectivity index is 2.10. The molecular weight excluding hydrogens is 279 g/mol. The van der Waals surface area contributed by atoms with Crippen LogP contribution in [0.5, 0.6) is 0 Å². The van der Waals surface area contributed by atoms with Crippen LogP contribution in [0.3, 0.4) is 0 Å². The number of hydrazine groups is 1. The molecule has 0 aromatic heterocycles. The summed E-state index contributed by atoms with van der Waals surface area (Å²) in [5.41, 5.74) is 5.26. The summed E-state index contributed by atoms with van der Waals surface area (Å²) >= 11 is 5.75. The van der Waals surface area contributed by atoms with E-state index in [9.17, 15) is 19.3 Å². The molecule has 1 aliphatic rings. The first-order chi connectivity index (χ1) is 8.99. The van der Waals surface area contributed by atoms with Crippen molar-refractivity contribution < 1.29 is 14.1 Å². The van der Waals surface area contributed by atoms with Crippen LogP contribution >= 0.6 is 11.6 Å². The molecule has 19 heavy (non-hydrogen) atoms. The van der Waals surface area contributed by atoms with Crippen LogP contribution in [0.2, 0.25) is 5.02 Å². The highest BCUT2D eigenvalue weighted by atomic mass is 35.5. The maximum absolute atomic E-state index is 12.8. The number of nitro groups is 1. The minimum Gasteiger partial charge on any atom is -0.323 e. The van der Waals surface area contributed by atoms with E-state index in [-0.39, 0.29) is 17.3 Å². The van der Waals surface area contributed by atoms with Crippen LogP contribution in [0.15, 0.2) is 18.2 Å². The molecule has 1 saturated heterocycles. The second kappa shape index (κ2) is 5.47. The molecule has 3 N–H and O–H groups in total. The second-order valence-corrected chi connectivity index (χ2v) is 4.38. The van der Waals surface area contributed by atoms with E-state index in [2.05, 4.69) is 16.2 Å². The van der Waals surface area contributed by atoms with Crippen molar-refractivity contribution in [3.63, 3.8) is 0 Å². The van der Waals surface area contributed by atoms with Crippen LogP contribution in [-0.4, -0.2) is 29.5 Å². The van der Waals surface area contributed by atoms with Crippen molar-refractivity contribution in [3.8, 4) is 0 Å². The molecule has 2 rings (SSSR count). The molecule has 0 spiro atoms. The summed E-state index contributed by atoms with van der Waals surface area (Å²) in [5.74, 6) is -1.15. The molecule has 2 unspecified atom stereocenters. The Bertz CT molecular complexity index is 527. The minimum atomic E-state index is -1.07. The van der Waals surface area contributed by atoms with Crippen molar-refractivity contribution in [1.82, 2.24) is 10.9 Å². The molecule has 1 aromatic rings. The van der Waals surface area contributed by atoms with Crippen molar-refractivity contribution in [3.05, 3.63) is 39.2 Å². The zero-order valence-corrected chi connectivity index (χ0v) is 10.3. The van der Waals surface area contributed by atoms with E-state index < -0.39 is 28.7 Å². The summed E-state index contributed by atoms with van der Waals surface area (Å²) in [6, 6.07) is 1.38. The number of anilines is 1. The second-order valence-electron chi connectivity index (χ2n) is 3.97. The van der Waals surface area contributed by atoms with Gasteiger partial charge in [0.25, 0.3) is 6.04 Å². The standard InChI is InChI=1S/C10H10ClFN4O3/c11-6-3-5(12)1-2-7(6)14-10(17)9-8(16(18)19)4-13-15-9/h1-3,8-9,13,15H,4H2,(H,14,17). The number of carbonyl (C=O) groups excluding carboxylic acids is 1. The van der Waals surface area contributed by atoms with E-state index in [0.717, 1.165) is 12.1 Å². The molecule has 102 valence electrons. The van der Waals surface area contributed by atoms with Crippen LogP contribution in [0.1, 0.15) is 0 Å². The molecule has 1 aliphatic heterocycles. The molecule has 1 heterocycles. The van der Waals surface area contributed by atoms with Crippen LogP contribution in [-0.2, 0) is 4.79 Å². The Labute approximate surface area is 112 Å². The molecule has 0 saturated carbocycles. The number of halogens is 2. The molecule has 9 heteroatoms. The molecule has 0 aliphatic carbocycles. The first-order valence-electron chi connectivity index (χ1n) is 5.37. The van der Waals surface area contributed by atoms with Gasteiger partial charge in [-0.1, -0.05) is 11.6 Å². The Morgan fingerprint density at radius 2 is 2.32 bits per heavy atom. The first-order valence-corrected chi connectivity index (χ1v) is 5.74. The lowest BCUT2D eigenvalue weighted by molar-refractivity contribution is -0.517. The minimum absolute atomic E-state index is 0.0250. The number of nitrogens with zero attached hydrogens (tertiary/aromatic N) is 1. The van der Waals surface area contributed by atoms with Crippen molar-refractivity contribution in [2.75, 3.05) is 11.9 Å². The number of hydrogen-bond acceptors (Lipinski definition) is 5. The average molecular weight is 289 g/mol. The van der Waals surface area contributed by atoms with E-state index >= 15 is 0 Å². The highest BCUT2D eigenvalue weighted by Crippen LogP contribution is 2.22. The van der Waals surface area contributed by atoms with Crippen LogP contribution in [0.4, 0.5) is 10.1 Å². The van der Waals surface area contributed by atoms with Gasteiger partial charge in [-0.2, -0.15) is 0 Å². The predicted octanol–water partition coefficient (Wildman–Crippen LogP) is 0.539. The summed E-state index contributed by atoms with van der Waals surface area (Å²) in [6.07, 6.45) is 0. The highest BCUT2D eigenvalue weighted by Gasteiger charge is 2.41. The van der Waals surface area contributed by atoms with Gasteiger partial charge in [0, 0.05) is 4.92 Å². The molecule has 0 bridgehead atoms. The number of benzene rings is 1. The predicted molar refractivity (Wildman–Crippen MR) is 65.7 cm³/mol. The summed E-state index contributed by atoms with van der Waals surface area (Å²) in [7, 11) is 0. The normalized spacial score (nSPS) is 22.2. The Morgan fingerprint density at radius 3 is 2.95 bits per heavy atom.